The van der Waals surface area contributed by atoms with Gasteiger partial charge in [0, 0.05) is 18.4 Å². The lowest BCUT2D eigenvalue weighted by Crippen LogP contribution is -2.19. The normalized spacial score (nSPS) is 11.4. The molecule has 2 aromatic rings. The Bertz CT molecular complexity index is 802. The summed E-state index contributed by atoms with van der Waals surface area (Å²) in [5.41, 5.74) is 1.01. The number of hydrogen-bond acceptors (Lipinski definition) is 3. The molecule has 1 N–H and O–H groups in total. The lowest BCUT2D eigenvalue weighted by Gasteiger charge is -2.23. The predicted molar refractivity (Wildman–Crippen MR) is 105 cm³/mol. The number of nitrogens with one attached hydrogen (secondary N) is 1. The summed E-state index contributed by atoms with van der Waals surface area (Å²) < 4.78 is 45.4. The third kappa shape index (κ3) is 5.41. The van der Waals surface area contributed by atoms with Crippen molar-refractivity contribution in [2.45, 2.75) is 39.3 Å². The van der Waals surface area contributed by atoms with Crippen LogP contribution in [0, 0.1) is 0 Å². The number of anilines is 3. The van der Waals surface area contributed by atoms with Crippen LogP contribution in [-0.4, -0.2) is 19.7 Å². The maximum Gasteiger partial charge on any atom is 0.418 e. The van der Waals surface area contributed by atoms with Gasteiger partial charge in [0.15, 0.2) is 0 Å². The monoisotopic (exact) mass is 394 g/mol. The largest absolute Gasteiger partial charge is 0.449 e. The number of benzene rings is 2. The molecule has 28 heavy (non-hydrogen) atoms. The molecule has 0 aliphatic heterocycles. The van der Waals surface area contributed by atoms with E-state index in [1.807, 2.05) is 24.3 Å². The molecular formula is C21H25F3N2O2. The zero-order valence-electron chi connectivity index (χ0n) is 16.4. The van der Waals surface area contributed by atoms with Gasteiger partial charge in [0.05, 0.1) is 17.9 Å². The third-order valence-electron chi connectivity index (χ3n) is 4.32. The average molecular weight is 394 g/mol. The van der Waals surface area contributed by atoms with E-state index in [0.717, 1.165) is 17.3 Å². The van der Waals surface area contributed by atoms with Crippen molar-refractivity contribution in [1.82, 2.24) is 0 Å². The Hall–Kier alpha value is -2.70. The molecule has 0 radical (unpaired) electrons. The first-order chi connectivity index (χ1) is 13.1. The Kier molecular flexibility index (Phi) is 6.94. The molecule has 2 rings (SSSR count). The van der Waals surface area contributed by atoms with Gasteiger partial charge < -0.3 is 9.64 Å². The molecule has 4 nitrogen and oxygen atoms in total. The van der Waals surface area contributed by atoms with Crippen LogP contribution in [0.15, 0.2) is 42.5 Å². The molecule has 0 saturated heterocycles. The smallest absolute Gasteiger partial charge is 0.418 e. The number of carbonyl (C=O) groups excluding carboxylic acids is 1. The number of amides is 1. The van der Waals surface area contributed by atoms with Gasteiger partial charge in [-0.25, -0.2) is 4.79 Å². The summed E-state index contributed by atoms with van der Waals surface area (Å²) in [6.45, 7) is 6.09. The van der Waals surface area contributed by atoms with Crippen LogP contribution in [0.1, 0.15) is 44.2 Å². The van der Waals surface area contributed by atoms with Crippen LogP contribution in [0.3, 0.4) is 0 Å². The summed E-state index contributed by atoms with van der Waals surface area (Å²) in [7, 11) is 1.70. The number of hydrogen-bond donors (Lipinski definition) is 1. The Labute approximate surface area is 163 Å². The number of alkyl halides is 3. The van der Waals surface area contributed by atoms with Crippen LogP contribution in [0.4, 0.5) is 35.0 Å². The van der Waals surface area contributed by atoms with Gasteiger partial charge in [-0.3, -0.25) is 5.32 Å². The molecule has 152 valence electrons. The first-order valence-electron chi connectivity index (χ1n) is 9.12. The minimum absolute atomic E-state index is 0.139. The third-order valence-corrected chi connectivity index (χ3v) is 4.32. The molecule has 0 spiro atoms. The van der Waals surface area contributed by atoms with Gasteiger partial charge in [0.2, 0.25) is 0 Å². The maximum absolute atomic E-state index is 13.5. The summed E-state index contributed by atoms with van der Waals surface area (Å²) >= 11 is 0. The maximum atomic E-state index is 13.5. The van der Waals surface area contributed by atoms with E-state index >= 15 is 0 Å². The summed E-state index contributed by atoms with van der Waals surface area (Å²) in [6, 6.07) is 11.5. The van der Waals surface area contributed by atoms with Gasteiger partial charge in [-0.05, 0) is 48.2 Å². The first-order valence-corrected chi connectivity index (χ1v) is 9.12. The molecule has 0 fully saturated rings. The molecule has 0 unspecified atom stereocenters. The fourth-order valence-electron chi connectivity index (χ4n) is 2.66. The highest BCUT2D eigenvalue weighted by Crippen LogP contribution is 2.38. The van der Waals surface area contributed by atoms with Crippen LogP contribution < -0.4 is 10.2 Å². The van der Waals surface area contributed by atoms with E-state index in [0.29, 0.717) is 18.0 Å². The summed E-state index contributed by atoms with van der Waals surface area (Å²) in [5, 5.41) is 2.18. The predicted octanol–water partition coefficient (Wildman–Crippen LogP) is 6.56. The van der Waals surface area contributed by atoms with Crippen LogP contribution >= 0.6 is 0 Å². The molecule has 0 saturated carbocycles. The molecule has 0 atom stereocenters. The quantitative estimate of drug-likeness (QED) is 0.604. The van der Waals surface area contributed by atoms with Gasteiger partial charge in [0.1, 0.15) is 0 Å². The molecule has 0 aliphatic carbocycles. The highest BCUT2D eigenvalue weighted by molar-refractivity contribution is 5.86. The second-order valence-corrected chi connectivity index (χ2v) is 6.79. The van der Waals surface area contributed by atoms with E-state index in [9.17, 15) is 18.0 Å². The van der Waals surface area contributed by atoms with E-state index in [1.54, 1.807) is 18.9 Å². The van der Waals surface area contributed by atoms with Gasteiger partial charge in [-0.2, -0.15) is 13.2 Å². The van der Waals surface area contributed by atoms with Crippen LogP contribution in [-0.2, 0) is 10.9 Å². The molecule has 1 amide bonds. The summed E-state index contributed by atoms with van der Waals surface area (Å²) in [4.78, 5) is 13.3. The highest BCUT2D eigenvalue weighted by atomic mass is 19.4. The number of halogens is 3. The second-order valence-electron chi connectivity index (χ2n) is 6.79. The number of rotatable bonds is 6. The summed E-state index contributed by atoms with van der Waals surface area (Å²) in [6.07, 6.45) is -4.94. The Morgan fingerprint density at radius 3 is 2.25 bits per heavy atom. The van der Waals surface area contributed by atoms with Gasteiger partial charge in [-0.15, -0.1) is 0 Å². The van der Waals surface area contributed by atoms with Crippen molar-refractivity contribution in [2.24, 2.45) is 0 Å². The molecule has 2 aromatic carbocycles. The molecule has 0 aliphatic rings. The van der Waals surface area contributed by atoms with E-state index in [2.05, 4.69) is 19.2 Å². The van der Waals surface area contributed by atoms with Crippen molar-refractivity contribution in [2.75, 3.05) is 23.9 Å². The zero-order valence-corrected chi connectivity index (χ0v) is 16.4. The standard InChI is InChI=1S/C21H25F3N2O2/c1-5-12-28-20(27)25-19-11-10-17(13-18(19)21(22,23)24)26(4)16-8-6-15(7-9-16)14(2)3/h6-11,13-14H,5,12H2,1-4H3,(H,25,27). The van der Waals surface area contributed by atoms with Crippen molar-refractivity contribution in [3.05, 3.63) is 53.6 Å². The summed E-state index contributed by atoms with van der Waals surface area (Å²) in [5.74, 6) is 0.369. The molecule has 7 heteroatoms. The SMILES string of the molecule is CCCOC(=O)Nc1ccc(N(C)c2ccc(C(C)C)cc2)cc1C(F)(F)F. The topological polar surface area (TPSA) is 41.6 Å². The Morgan fingerprint density at radius 1 is 1.11 bits per heavy atom. The molecule has 0 heterocycles. The lowest BCUT2D eigenvalue weighted by atomic mass is 10.0. The van der Waals surface area contributed by atoms with Crippen molar-refractivity contribution in [3.63, 3.8) is 0 Å². The fourth-order valence-corrected chi connectivity index (χ4v) is 2.66. The Morgan fingerprint density at radius 2 is 1.71 bits per heavy atom. The molecular weight excluding hydrogens is 369 g/mol. The van der Waals surface area contributed by atoms with Gasteiger partial charge in [-0.1, -0.05) is 32.9 Å². The number of ether oxygens (including phenoxy) is 1. The van der Waals surface area contributed by atoms with E-state index in [-0.39, 0.29) is 12.3 Å². The number of carbonyl (C=O) groups is 1. The number of nitrogens with zero attached hydrogens (tertiary/aromatic N) is 1. The van der Waals surface area contributed by atoms with Crippen molar-refractivity contribution < 1.29 is 22.7 Å². The Balaban J connectivity index is 2.31. The molecule has 0 aromatic heterocycles. The van der Waals surface area contributed by atoms with Gasteiger partial charge in [0.25, 0.3) is 0 Å². The van der Waals surface area contributed by atoms with E-state index in [1.165, 1.54) is 12.1 Å². The fraction of sp³-hybridized carbons (Fsp3) is 0.381. The van der Waals surface area contributed by atoms with Crippen LogP contribution in [0.25, 0.3) is 0 Å². The lowest BCUT2D eigenvalue weighted by molar-refractivity contribution is -0.136. The van der Waals surface area contributed by atoms with Crippen molar-refractivity contribution in [1.29, 1.82) is 0 Å². The van der Waals surface area contributed by atoms with E-state index < -0.39 is 17.8 Å². The first kappa shape index (κ1) is 21.6. The van der Waals surface area contributed by atoms with Crippen molar-refractivity contribution in [3.8, 4) is 0 Å². The van der Waals surface area contributed by atoms with Gasteiger partial charge >= 0.3 is 12.3 Å². The minimum Gasteiger partial charge on any atom is -0.449 e. The second kappa shape index (κ2) is 8.99. The molecule has 0 bridgehead atoms. The van der Waals surface area contributed by atoms with Crippen LogP contribution in [0.2, 0.25) is 0 Å². The van der Waals surface area contributed by atoms with Crippen molar-refractivity contribution >= 4 is 23.2 Å². The van der Waals surface area contributed by atoms with E-state index in [4.69, 9.17) is 4.74 Å². The highest BCUT2D eigenvalue weighted by Gasteiger charge is 2.34. The zero-order chi connectivity index (χ0) is 20.9. The minimum atomic E-state index is -4.62. The van der Waals surface area contributed by atoms with Crippen LogP contribution in [0.5, 0.6) is 0 Å². The average Bonchev–Trinajstić information content (AvgIpc) is 2.65.